The molecule has 0 unspecified atom stereocenters. The molecule has 0 saturated carbocycles. The molecule has 0 fully saturated rings. The van der Waals surface area contributed by atoms with Crippen LogP contribution < -0.4 is 5.14 Å². The molecule has 0 amide bonds. The third-order valence-corrected chi connectivity index (χ3v) is 2.85. The number of hydrogen-bond donors (Lipinski definition) is 1. The average molecular weight is 229 g/mol. The summed E-state index contributed by atoms with van der Waals surface area (Å²) in [6.45, 7) is 1.57. The average Bonchev–Trinajstić information content (AvgIpc) is 2.45. The Labute approximate surface area is 85.4 Å². The van der Waals surface area contributed by atoms with E-state index < -0.39 is 20.9 Å². The molecular weight excluding hydrogens is 221 g/mol. The number of imidazole rings is 1. The lowest BCUT2D eigenvalue weighted by Gasteiger charge is -1.97. The Morgan fingerprint density at radius 3 is 2.80 bits per heavy atom. The minimum absolute atomic E-state index is 0.113. The summed E-state index contributed by atoms with van der Waals surface area (Å²) in [5, 5.41) is 4.50. The molecule has 80 valence electrons. The van der Waals surface area contributed by atoms with Crippen molar-refractivity contribution in [1.29, 1.82) is 0 Å². The first-order chi connectivity index (χ1) is 6.91. The van der Waals surface area contributed by atoms with E-state index in [1.807, 2.05) is 0 Å². The van der Waals surface area contributed by atoms with Gasteiger partial charge in [-0.2, -0.15) is 0 Å². The lowest BCUT2D eigenvalue weighted by molar-refractivity contribution is 0.593. The van der Waals surface area contributed by atoms with Gasteiger partial charge in [-0.3, -0.25) is 0 Å². The second-order valence-electron chi connectivity index (χ2n) is 3.08. The molecule has 0 saturated heterocycles. The van der Waals surface area contributed by atoms with Gasteiger partial charge in [-0.05, 0) is 19.1 Å². The lowest BCUT2D eigenvalue weighted by atomic mass is 10.4. The monoisotopic (exact) mass is 229 g/mol. The molecule has 0 aliphatic heterocycles. The van der Waals surface area contributed by atoms with Gasteiger partial charge < -0.3 is 4.40 Å². The fraction of sp³-hybridized carbons (Fsp3) is 0.125. The van der Waals surface area contributed by atoms with Gasteiger partial charge in [0.25, 0.3) is 10.0 Å². The Morgan fingerprint density at radius 2 is 2.20 bits per heavy atom. The van der Waals surface area contributed by atoms with Gasteiger partial charge in [0.1, 0.15) is 17.2 Å². The van der Waals surface area contributed by atoms with Crippen molar-refractivity contribution in [2.24, 2.45) is 5.14 Å². The predicted octanol–water partition coefficient (Wildman–Crippen LogP) is 0.429. The predicted molar refractivity (Wildman–Crippen MR) is 51.3 cm³/mol. The fourth-order valence-corrected chi connectivity index (χ4v) is 2.13. The number of aryl methyl sites for hydroxylation is 1. The van der Waals surface area contributed by atoms with Gasteiger partial charge in [0.15, 0.2) is 5.03 Å². The second kappa shape index (κ2) is 3.01. The molecule has 2 rings (SSSR count). The lowest BCUT2D eigenvalue weighted by Crippen LogP contribution is -2.13. The van der Waals surface area contributed by atoms with E-state index >= 15 is 0 Å². The molecule has 2 aromatic rings. The molecule has 0 aromatic carbocycles. The second-order valence-corrected chi connectivity index (χ2v) is 4.56. The van der Waals surface area contributed by atoms with E-state index in [1.54, 1.807) is 6.92 Å². The molecule has 0 bridgehead atoms. The molecule has 0 aliphatic rings. The van der Waals surface area contributed by atoms with Crippen molar-refractivity contribution in [3.05, 3.63) is 30.0 Å². The van der Waals surface area contributed by atoms with E-state index in [1.165, 1.54) is 16.7 Å². The highest BCUT2D eigenvalue weighted by molar-refractivity contribution is 7.89. The van der Waals surface area contributed by atoms with Crippen molar-refractivity contribution in [3.63, 3.8) is 0 Å². The molecule has 0 atom stereocenters. The van der Waals surface area contributed by atoms with Gasteiger partial charge in [-0.25, -0.2) is 22.9 Å². The summed E-state index contributed by atoms with van der Waals surface area (Å²) in [4.78, 5) is 3.73. The van der Waals surface area contributed by atoms with Gasteiger partial charge in [-0.15, -0.1) is 0 Å². The summed E-state index contributed by atoms with van der Waals surface area (Å²) in [7, 11) is -4.00. The number of rotatable bonds is 1. The zero-order chi connectivity index (χ0) is 11.2. The van der Waals surface area contributed by atoms with Crippen LogP contribution in [0, 0.1) is 12.7 Å². The number of nitrogens with zero attached hydrogens (tertiary/aromatic N) is 2. The van der Waals surface area contributed by atoms with Crippen molar-refractivity contribution < 1.29 is 12.8 Å². The number of hydrogen-bond acceptors (Lipinski definition) is 3. The Kier molecular flexibility index (Phi) is 2.02. The maximum absolute atomic E-state index is 13.4. The van der Waals surface area contributed by atoms with Gasteiger partial charge >= 0.3 is 0 Å². The van der Waals surface area contributed by atoms with Crippen molar-refractivity contribution >= 4 is 15.5 Å². The molecule has 7 heteroatoms. The van der Waals surface area contributed by atoms with Crippen molar-refractivity contribution in [2.75, 3.05) is 0 Å². The highest BCUT2D eigenvalue weighted by Gasteiger charge is 2.20. The quantitative estimate of drug-likeness (QED) is 0.770. The summed E-state index contributed by atoms with van der Waals surface area (Å²) < 4.78 is 37.0. The number of pyridine rings is 1. The third-order valence-electron chi connectivity index (χ3n) is 2.03. The van der Waals surface area contributed by atoms with Gasteiger partial charge in [-0.1, -0.05) is 0 Å². The molecule has 2 N–H and O–H groups in total. The van der Waals surface area contributed by atoms with Crippen LogP contribution >= 0.6 is 0 Å². The normalized spacial score (nSPS) is 12.2. The van der Waals surface area contributed by atoms with Crippen LogP contribution in [0.5, 0.6) is 0 Å². The summed E-state index contributed by atoms with van der Waals surface area (Å²) in [6.07, 6.45) is 1.52. The first-order valence-electron chi connectivity index (χ1n) is 4.07. The smallest absolute Gasteiger partial charge is 0.257 e. The van der Waals surface area contributed by atoms with Crippen molar-refractivity contribution in [2.45, 2.75) is 11.9 Å². The number of aromatic nitrogens is 2. The Hall–Kier alpha value is -1.47. The van der Waals surface area contributed by atoms with Crippen molar-refractivity contribution in [1.82, 2.24) is 9.38 Å². The number of sulfonamides is 1. The third kappa shape index (κ3) is 1.49. The molecule has 0 aliphatic carbocycles. The fourth-order valence-electron chi connectivity index (χ4n) is 1.41. The van der Waals surface area contributed by atoms with E-state index in [0.717, 1.165) is 6.07 Å². The number of nitrogens with two attached hydrogens (primary N) is 1. The zero-order valence-corrected chi connectivity index (χ0v) is 8.62. The number of fused-ring (bicyclic) bond motifs is 1. The van der Waals surface area contributed by atoms with E-state index in [4.69, 9.17) is 5.14 Å². The van der Waals surface area contributed by atoms with Crippen LogP contribution in [0.1, 0.15) is 5.82 Å². The van der Waals surface area contributed by atoms with Gasteiger partial charge in [0.2, 0.25) is 0 Å². The molecular formula is C8H8FN3O2S. The van der Waals surface area contributed by atoms with Crippen LogP contribution in [0.2, 0.25) is 0 Å². The van der Waals surface area contributed by atoms with E-state index in [9.17, 15) is 12.8 Å². The van der Waals surface area contributed by atoms with Gasteiger partial charge in [0, 0.05) is 6.20 Å². The number of primary sulfonamides is 1. The summed E-state index contributed by atoms with van der Waals surface area (Å²) in [6, 6.07) is 2.62. The summed E-state index contributed by atoms with van der Waals surface area (Å²) in [5.74, 6) is -0.296. The summed E-state index contributed by atoms with van der Waals surface area (Å²) >= 11 is 0. The minimum Gasteiger partial charge on any atom is -0.300 e. The van der Waals surface area contributed by atoms with E-state index in [2.05, 4.69) is 4.98 Å². The van der Waals surface area contributed by atoms with Crippen LogP contribution in [-0.2, 0) is 10.0 Å². The van der Waals surface area contributed by atoms with Crippen LogP contribution in [0.3, 0.4) is 0 Å². The van der Waals surface area contributed by atoms with Crippen LogP contribution in [0.25, 0.3) is 5.52 Å². The highest BCUT2D eigenvalue weighted by Crippen LogP contribution is 2.19. The van der Waals surface area contributed by atoms with Gasteiger partial charge in [0.05, 0.1) is 0 Å². The van der Waals surface area contributed by atoms with Crippen molar-refractivity contribution in [3.8, 4) is 0 Å². The van der Waals surface area contributed by atoms with E-state index in [0.29, 0.717) is 5.82 Å². The maximum atomic E-state index is 13.4. The van der Waals surface area contributed by atoms with E-state index in [-0.39, 0.29) is 5.52 Å². The Morgan fingerprint density at radius 1 is 1.53 bits per heavy atom. The SMILES string of the molecule is Cc1nc(S(N)(=O)=O)c2c(F)cccn12. The molecule has 2 aromatic heterocycles. The first kappa shape index (κ1) is 10.1. The topological polar surface area (TPSA) is 77.5 Å². The summed E-state index contributed by atoms with van der Waals surface area (Å²) in [5.41, 5.74) is -0.113. The highest BCUT2D eigenvalue weighted by atomic mass is 32.2. The standard InChI is InChI=1S/C8H8FN3O2S/c1-5-11-8(15(10,13)14)7-6(9)3-2-4-12(5)7/h2-4H,1H3,(H2,10,13,14). The Balaban J connectivity index is 3.01. The first-order valence-corrected chi connectivity index (χ1v) is 5.62. The van der Waals surface area contributed by atoms with Crippen LogP contribution in [0.4, 0.5) is 4.39 Å². The van der Waals surface area contributed by atoms with Crippen LogP contribution in [-0.4, -0.2) is 17.8 Å². The largest absolute Gasteiger partial charge is 0.300 e. The molecule has 2 heterocycles. The molecule has 0 spiro atoms. The molecule has 0 radical (unpaired) electrons. The number of halogens is 1. The zero-order valence-electron chi connectivity index (χ0n) is 7.81. The maximum Gasteiger partial charge on any atom is 0.257 e. The molecule has 15 heavy (non-hydrogen) atoms. The van der Waals surface area contributed by atoms with Crippen LogP contribution in [0.15, 0.2) is 23.4 Å². The molecule has 5 nitrogen and oxygen atoms in total. The minimum atomic E-state index is -4.00. The Bertz CT molecular complexity index is 633.